The third kappa shape index (κ3) is 1.07. The van der Waals surface area contributed by atoms with Crippen molar-refractivity contribution in [3.63, 3.8) is 0 Å². The topological polar surface area (TPSA) is 61.8 Å². The largest absolute Gasteiger partial charge is 0.349 e. The lowest BCUT2D eigenvalue weighted by atomic mass is 10.2. The van der Waals surface area contributed by atoms with Crippen molar-refractivity contribution in [3.05, 3.63) is 0 Å². The Bertz CT molecular complexity index is 261. The number of aliphatic imine (C=N–C) groups is 1. The van der Waals surface area contributed by atoms with Crippen LogP contribution in [0.1, 0.15) is 6.42 Å². The van der Waals surface area contributed by atoms with E-state index in [1.165, 1.54) is 0 Å². The summed E-state index contributed by atoms with van der Waals surface area (Å²) in [6.45, 7) is 1.46. The summed E-state index contributed by atoms with van der Waals surface area (Å²) in [6, 6.07) is -0.316. The molecule has 2 aliphatic heterocycles. The van der Waals surface area contributed by atoms with Crippen LogP contribution in [0.2, 0.25) is 0 Å². The second kappa shape index (κ2) is 2.58. The molecule has 0 aliphatic carbocycles. The molecule has 2 heterocycles. The molecule has 12 heavy (non-hydrogen) atoms. The second-order valence-electron chi connectivity index (χ2n) is 2.89. The number of nitrogens with zero attached hydrogens (tertiary/aromatic N) is 2. The third-order valence-corrected chi connectivity index (χ3v) is 2.06. The lowest BCUT2D eigenvalue weighted by Crippen LogP contribution is -2.38. The van der Waals surface area contributed by atoms with Crippen molar-refractivity contribution in [1.29, 1.82) is 0 Å². The Morgan fingerprint density at radius 2 is 2.42 bits per heavy atom. The summed E-state index contributed by atoms with van der Waals surface area (Å²) in [5, 5.41) is 2.26. The van der Waals surface area contributed by atoms with Crippen molar-refractivity contribution in [2.24, 2.45) is 4.99 Å². The van der Waals surface area contributed by atoms with Crippen molar-refractivity contribution in [2.75, 3.05) is 13.1 Å². The van der Waals surface area contributed by atoms with Gasteiger partial charge in [0, 0.05) is 6.54 Å². The summed E-state index contributed by atoms with van der Waals surface area (Å²) >= 11 is 0. The van der Waals surface area contributed by atoms with Crippen LogP contribution in [-0.2, 0) is 9.59 Å². The normalized spacial score (nSPS) is 28.3. The van der Waals surface area contributed by atoms with E-state index in [1.54, 1.807) is 11.2 Å². The van der Waals surface area contributed by atoms with Crippen molar-refractivity contribution >= 4 is 18.2 Å². The molecule has 0 aromatic carbocycles. The van der Waals surface area contributed by atoms with Gasteiger partial charge in [-0.1, -0.05) is 0 Å². The van der Waals surface area contributed by atoms with Gasteiger partial charge in [0.2, 0.25) is 11.8 Å². The van der Waals surface area contributed by atoms with Crippen LogP contribution in [0.25, 0.3) is 0 Å². The molecule has 5 nitrogen and oxygen atoms in total. The Balaban J connectivity index is 2.08. The van der Waals surface area contributed by atoms with E-state index in [2.05, 4.69) is 10.3 Å². The molecule has 0 radical (unpaired) electrons. The minimum Gasteiger partial charge on any atom is -0.349 e. The number of imide groups is 1. The van der Waals surface area contributed by atoms with Gasteiger partial charge in [0.25, 0.3) is 0 Å². The number of amides is 2. The number of hydrogen-bond acceptors (Lipinski definition) is 4. The fourth-order valence-electron chi connectivity index (χ4n) is 1.44. The van der Waals surface area contributed by atoms with E-state index in [1.807, 2.05) is 0 Å². The molecule has 5 heteroatoms. The van der Waals surface area contributed by atoms with E-state index in [0.29, 0.717) is 0 Å². The molecule has 64 valence electrons. The lowest BCUT2D eigenvalue weighted by molar-refractivity contribution is -0.125. The molecular weight excluding hydrogens is 158 g/mol. The predicted molar refractivity (Wildman–Crippen MR) is 41.6 cm³/mol. The van der Waals surface area contributed by atoms with Crippen LogP contribution in [0.3, 0.4) is 0 Å². The zero-order chi connectivity index (χ0) is 8.55. The first-order valence-corrected chi connectivity index (χ1v) is 3.87. The maximum atomic E-state index is 11.1. The van der Waals surface area contributed by atoms with Gasteiger partial charge in [0.15, 0.2) is 0 Å². The predicted octanol–water partition coefficient (Wildman–Crippen LogP) is -1.25. The number of carbonyl (C=O) groups excluding carboxylic acids is 2. The highest BCUT2D eigenvalue weighted by Crippen LogP contribution is 2.10. The average Bonchev–Trinajstić information content (AvgIpc) is 2.58. The Morgan fingerprint density at radius 3 is 2.92 bits per heavy atom. The van der Waals surface area contributed by atoms with Gasteiger partial charge < -0.3 is 4.90 Å². The maximum Gasteiger partial charge on any atom is 0.249 e. The van der Waals surface area contributed by atoms with E-state index < -0.39 is 0 Å². The summed E-state index contributed by atoms with van der Waals surface area (Å²) in [7, 11) is 0. The van der Waals surface area contributed by atoms with Crippen molar-refractivity contribution in [2.45, 2.75) is 12.5 Å². The SMILES string of the molecule is O=C1CC(N2C=NCC2)C(=O)N1. The molecule has 2 aliphatic rings. The van der Waals surface area contributed by atoms with Crippen molar-refractivity contribution < 1.29 is 9.59 Å². The fourth-order valence-corrected chi connectivity index (χ4v) is 1.44. The molecule has 0 aromatic rings. The zero-order valence-corrected chi connectivity index (χ0v) is 6.49. The van der Waals surface area contributed by atoms with Crippen molar-refractivity contribution in [1.82, 2.24) is 10.2 Å². The fraction of sp³-hybridized carbons (Fsp3) is 0.571. The van der Waals surface area contributed by atoms with Crippen LogP contribution in [0, 0.1) is 0 Å². The first-order chi connectivity index (χ1) is 5.77. The summed E-state index contributed by atoms with van der Waals surface area (Å²) in [5.74, 6) is -0.390. The van der Waals surface area contributed by atoms with E-state index in [0.717, 1.165) is 13.1 Å². The Hall–Kier alpha value is -1.39. The third-order valence-electron chi connectivity index (χ3n) is 2.06. The first kappa shape index (κ1) is 7.27. The number of carbonyl (C=O) groups is 2. The molecule has 0 saturated carbocycles. The molecule has 2 amide bonds. The van der Waals surface area contributed by atoms with Gasteiger partial charge in [0.05, 0.1) is 19.3 Å². The highest BCUT2D eigenvalue weighted by molar-refractivity contribution is 6.06. The van der Waals surface area contributed by atoms with Gasteiger partial charge in [-0.15, -0.1) is 0 Å². The lowest BCUT2D eigenvalue weighted by Gasteiger charge is -2.18. The van der Waals surface area contributed by atoms with Crippen LogP contribution in [0.4, 0.5) is 0 Å². The van der Waals surface area contributed by atoms with Crippen LogP contribution >= 0.6 is 0 Å². The van der Waals surface area contributed by atoms with Crippen LogP contribution in [0.5, 0.6) is 0 Å². The number of rotatable bonds is 1. The minimum absolute atomic E-state index is 0.190. The van der Waals surface area contributed by atoms with Crippen LogP contribution in [0.15, 0.2) is 4.99 Å². The van der Waals surface area contributed by atoms with E-state index in [-0.39, 0.29) is 24.3 Å². The average molecular weight is 167 g/mol. The van der Waals surface area contributed by atoms with E-state index >= 15 is 0 Å². The molecule has 1 atom stereocenters. The Kier molecular flexibility index (Phi) is 1.56. The van der Waals surface area contributed by atoms with Crippen molar-refractivity contribution in [3.8, 4) is 0 Å². The molecule has 1 N–H and O–H groups in total. The molecular formula is C7H9N3O2. The van der Waals surface area contributed by atoms with Gasteiger partial charge in [-0.3, -0.25) is 19.9 Å². The molecule has 0 bridgehead atoms. The molecule has 0 spiro atoms. The molecule has 1 unspecified atom stereocenters. The summed E-state index contributed by atoms with van der Waals surface area (Å²) in [5.41, 5.74) is 0. The van der Waals surface area contributed by atoms with Crippen LogP contribution in [-0.4, -0.2) is 42.2 Å². The van der Waals surface area contributed by atoms with Gasteiger partial charge in [0.1, 0.15) is 6.04 Å². The molecule has 2 rings (SSSR count). The summed E-state index contributed by atoms with van der Waals surface area (Å²) in [4.78, 5) is 27.7. The highest BCUT2D eigenvalue weighted by atomic mass is 16.2. The zero-order valence-electron chi connectivity index (χ0n) is 6.49. The first-order valence-electron chi connectivity index (χ1n) is 3.87. The monoisotopic (exact) mass is 167 g/mol. The molecule has 1 fully saturated rings. The van der Waals surface area contributed by atoms with Crippen LogP contribution < -0.4 is 5.32 Å². The van der Waals surface area contributed by atoms with Gasteiger partial charge >= 0.3 is 0 Å². The molecule has 0 aromatic heterocycles. The Labute approximate surface area is 69.4 Å². The van der Waals surface area contributed by atoms with Gasteiger partial charge in [-0.25, -0.2) is 0 Å². The van der Waals surface area contributed by atoms with E-state index in [4.69, 9.17) is 0 Å². The smallest absolute Gasteiger partial charge is 0.249 e. The quantitative estimate of drug-likeness (QED) is 0.496. The minimum atomic E-state index is -0.316. The summed E-state index contributed by atoms with van der Waals surface area (Å²) in [6.07, 6.45) is 1.91. The van der Waals surface area contributed by atoms with Gasteiger partial charge in [-0.2, -0.15) is 0 Å². The molecule has 1 saturated heterocycles. The number of hydrogen-bond donors (Lipinski definition) is 1. The maximum absolute atomic E-state index is 11.1. The number of nitrogens with one attached hydrogen (secondary N) is 1. The van der Waals surface area contributed by atoms with E-state index in [9.17, 15) is 9.59 Å². The Morgan fingerprint density at radius 1 is 1.58 bits per heavy atom. The summed E-state index contributed by atoms with van der Waals surface area (Å²) < 4.78 is 0. The standard InChI is InChI=1S/C7H9N3O2/c11-6-3-5(7(12)9-6)10-2-1-8-4-10/h4-5H,1-3H2,(H,9,11,12). The highest BCUT2D eigenvalue weighted by Gasteiger charge is 2.34. The van der Waals surface area contributed by atoms with Gasteiger partial charge in [-0.05, 0) is 0 Å². The second-order valence-corrected chi connectivity index (χ2v) is 2.89.